The lowest BCUT2D eigenvalue weighted by Gasteiger charge is -2.39. The van der Waals surface area contributed by atoms with Crippen LogP contribution in [0.4, 0.5) is 0 Å². The standard InChI is InChI=1S/C31H38N4O4/c36-24-32-14-16-34(17-15-32)30(37)19-26-12-13-35-22-27(26)10-6-18-39-29-11-5-4-9-28(29)21-33(23-31(35)38)20-25-7-2-1-3-8-25/h1-11,24,26-27H,12-23H2/b10-6-/t26-,27-/m0/s1. The minimum Gasteiger partial charge on any atom is -0.489 e. The summed E-state index contributed by atoms with van der Waals surface area (Å²) in [5.41, 5.74) is 2.23. The molecule has 0 aromatic heterocycles. The van der Waals surface area contributed by atoms with Crippen molar-refractivity contribution < 1.29 is 19.1 Å². The van der Waals surface area contributed by atoms with Gasteiger partial charge in [-0.05, 0) is 29.9 Å². The first kappa shape index (κ1) is 26.9. The second kappa shape index (κ2) is 12.9. The van der Waals surface area contributed by atoms with Crippen LogP contribution in [0.15, 0.2) is 66.7 Å². The summed E-state index contributed by atoms with van der Waals surface area (Å²) in [6.45, 7) is 5.66. The predicted molar refractivity (Wildman–Crippen MR) is 149 cm³/mol. The second-order valence-electron chi connectivity index (χ2n) is 10.8. The molecular formula is C31H38N4O4. The monoisotopic (exact) mass is 530 g/mol. The maximum atomic E-state index is 13.6. The summed E-state index contributed by atoms with van der Waals surface area (Å²) in [6, 6.07) is 18.3. The number of para-hydroxylation sites is 1. The van der Waals surface area contributed by atoms with Crippen LogP contribution in [0.1, 0.15) is 24.0 Å². The Hall–Kier alpha value is -3.65. The Morgan fingerprint density at radius 3 is 2.51 bits per heavy atom. The highest BCUT2D eigenvalue weighted by Gasteiger charge is 2.33. The maximum absolute atomic E-state index is 13.6. The lowest BCUT2D eigenvalue weighted by atomic mass is 9.82. The zero-order valence-electron chi connectivity index (χ0n) is 22.5. The van der Waals surface area contributed by atoms with Gasteiger partial charge in [0.15, 0.2) is 0 Å². The number of piperazine rings is 1. The van der Waals surface area contributed by atoms with E-state index in [1.165, 1.54) is 5.56 Å². The lowest BCUT2D eigenvalue weighted by Crippen LogP contribution is -2.50. The summed E-state index contributed by atoms with van der Waals surface area (Å²) < 4.78 is 6.18. The summed E-state index contributed by atoms with van der Waals surface area (Å²) >= 11 is 0. The van der Waals surface area contributed by atoms with Gasteiger partial charge in [-0.2, -0.15) is 0 Å². The van der Waals surface area contributed by atoms with Crippen LogP contribution in [0, 0.1) is 11.8 Å². The van der Waals surface area contributed by atoms with Crippen LogP contribution in [0.5, 0.6) is 5.75 Å². The third-order valence-corrected chi connectivity index (χ3v) is 8.10. The Balaban J connectivity index is 1.31. The maximum Gasteiger partial charge on any atom is 0.236 e. The second-order valence-corrected chi connectivity index (χ2v) is 10.8. The van der Waals surface area contributed by atoms with E-state index in [1.54, 1.807) is 4.90 Å². The van der Waals surface area contributed by atoms with Crippen molar-refractivity contribution in [3.8, 4) is 5.75 Å². The van der Waals surface area contributed by atoms with E-state index < -0.39 is 0 Å². The van der Waals surface area contributed by atoms with Crippen molar-refractivity contribution in [2.45, 2.75) is 25.9 Å². The molecule has 0 N–H and O–H groups in total. The van der Waals surface area contributed by atoms with E-state index in [-0.39, 0.29) is 23.7 Å². The van der Waals surface area contributed by atoms with Gasteiger partial charge in [0.05, 0.1) is 6.54 Å². The highest BCUT2D eigenvalue weighted by molar-refractivity contribution is 5.79. The summed E-state index contributed by atoms with van der Waals surface area (Å²) in [6.07, 6.45) is 6.29. The highest BCUT2D eigenvalue weighted by Crippen LogP contribution is 2.30. The van der Waals surface area contributed by atoms with Gasteiger partial charge in [-0.25, -0.2) is 0 Å². The van der Waals surface area contributed by atoms with Gasteiger partial charge in [0.25, 0.3) is 0 Å². The van der Waals surface area contributed by atoms with Gasteiger partial charge in [0, 0.05) is 64.3 Å². The first-order valence-corrected chi connectivity index (χ1v) is 14.0. The average molecular weight is 531 g/mol. The number of carbonyl (C=O) groups excluding carboxylic acids is 3. The number of piperidine rings is 1. The van der Waals surface area contributed by atoms with Crippen molar-refractivity contribution in [1.82, 2.24) is 19.6 Å². The molecule has 3 heterocycles. The number of ether oxygens (including phenoxy) is 1. The Morgan fingerprint density at radius 1 is 0.949 bits per heavy atom. The van der Waals surface area contributed by atoms with Gasteiger partial charge in [-0.1, -0.05) is 60.7 Å². The number of hydrogen-bond acceptors (Lipinski definition) is 5. The fraction of sp³-hybridized carbons (Fsp3) is 0.452. The average Bonchev–Trinajstić information content (AvgIpc) is 2.97. The molecule has 2 aromatic rings. The molecule has 0 aliphatic carbocycles. The number of fused-ring (bicyclic) bond motifs is 3. The van der Waals surface area contributed by atoms with Crippen LogP contribution >= 0.6 is 0 Å². The summed E-state index contributed by atoms with van der Waals surface area (Å²) in [7, 11) is 0. The minimum absolute atomic E-state index is 0.0880. The van der Waals surface area contributed by atoms with E-state index in [0.717, 1.165) is 24.1 Å². The number of carbonyl (C=O) groups is 3. The van der Waals surface area contributed by atoms with Gasteiger partial charge >= 0.3 is 0 Å². The number of benzene rings is 2. The van der Waals surface area contributed by atoms with Gasteiger partial charge in [-0.3, -0.25) is 19.3 Å². The fourth-order valence-corrected chi connectivity index (χ4v) is 5.84. The van der Waals surface area contributed by atoms with E-state index >= 15 is 0 Å². The molecule has 3 aliphatic heterocycles. The number of hydrogen-bond donors (Lipinski definition) is 0. The zero-order valence-corrected chi connectivity index (χ0v) is 22.5. The molecule has 2 fully saturated rings. The summed E-state index contributed by atoms with van der Waals surface area (Å²) in [5.74, 6) is 1.35. The van der Waals surface area contributed by atoms with E-state index in [4.69, 9.17) is 4.74 Å². The van der Waals surface area contributed by atoms with Crippen molar-refractivity contribution in [1.29, 1.82) is 0 Å². The number of rotatable bonds is 5. The van der Waals surface area contributed by atoms with Crippen LogP contribution in [0.25, 0.3) is 0 Å². The fourth-order valence-electron chi connectivity index (χ4n) is 5.84. The Morgan fingerprint density at radius 2 is 1.72 bits per heavy atom. The van der Waals surface area contributed by atoms with E-state index in [9.17, 15) is 14.4 Å². The number of nitrogens with zero attached hydrogens (tertiary/aromatic N) is 4. The Bertz CT molecular complexity index is 1160. The van der Waals surface area contributed by atoms with Gasteiger partial charge in [-0.15, -0.1) is 0 Å². The van der Waals surface area contributed by atoms with Crippen molar-refractivity contribution in [3.63, 3.8) is 0 Å². The molecule has 39 heavy (non-hydrogen) atoms. The summed E-state index contributed by atoms with van der Waals surface area (Å²) in [5, 5.41) is 0. The van der Waals surface area contributed by atoms with Crippen LogP contribution < -0.4 is 4.74 Å². The molecule has 3 aliphatic rings. The lowest BCUT2D eigenvalue weighted by molar-refractivity contribution is -0.138. The SMILES string of the molecule is O=CN1CCN(C(=O)C[C@@H]2CCN3C[C@@H]2/C=C\COc2ccccc2CN(Cc2ccccc2)CC3=O)CC1. The molecule has 5 rings (SSSR count). The molecule has 0 radical (unpaired) electrons. The van der Waals surface area contributed by atoms with Gasteiger partial charge in [0.1, 0.15) is 12.4 Å². The molecule has 2 atom stereocenters. The molecule has 0 spiro atoms. The van der Waals surface area contributed by atoms with Crippen molar-refractivity contribution in [2.24, 2.45) is 11.8 Å². The van der Waals surface area contributed by atoms with E-state index in [1.807, 2.05) is 52.3 Å². The van der Waals surface area contributed by atoms with Crippen molar-refractivity contribution >= 4 is 18.2 Å². The van der Waals surface area contributed by atoms with Crippen LogP contribution in [0.2, 0.25) is 0 Å². The molecule has 206 valence electrons. The molecule has 8 nitrogen and oxygen atoms in total. The van der Waals surface area contributed by atoms with Crippen molar-refractivity contribution in [3.05, 3.63) is 77.9 Å². The molecule has 2 bridgehead atoms. The molecule has 3 amide bonds. The molecule has 2 aromatic carbocycles. The third kappa shape index (κ3) is 7.06. The van der Waals surface area contributed by atoms with Gasteiger partial charge < -0.3 is 19.4 Å². The van der Waals surface area contributed by atoms with Crippen LogP contribution in [-0.2, 0) is 27.5 Å². The molecule has 0 unspecified atom stereocenters. The minimum atomic E-state index is 0.0880. The van der Waals surface area contributed by atoms with E-state index in [2.05, 4.69) is 29.2 Å². The first-order chi connectivity index (χ1) is 19.1. The van der Waals surface area contributed by atoms with Crippen LogP contribution in [-0.4, -0.2) is 90.2 Å². The molecule has 8 heteroatoms. The van der Waals surface area contributed by atoms with Crippen molar-refractivity contribution in [2.75, 3.05) is 52.4 Å². The normalized spacial score (nSPS) is 23.5. The quantitative estimate of drug-likeness (QED) is 0.439. The third-order valence-electron chi connectivity index (χ3n) is 8.10. The largest absolute Gasteiger partial charge is 0.489 e. The van der Waals surface area contributed by atoms with E-state index in [0.29, 0.717) is 71.9 Å². The zero-order chi connectivity index (χ0) is 27.0. The summed E-state index contributed by atoms with van der Waals surface area (Å²) in [4.78, 5) is 45.5. The molecular weight excluding hydrogens is 492 g/mol. The number of amides is 3. The van der Waals surface area contributed by atoms with Gasteiger partial charge in [0.2, 0.25) is 18.2 Å². The Labute approximate surface area is 230 Å². The smallest absolute Gasteiger partial charge is 0.236 e. The molecule has 2 saturated heterocycles. The Kier molecular flexibility index (Phi) is 8.93. The first-order valence-electron chi connectivity index (χ1n) is 14.0. The van der Waals surface area contributed by atoms with Crippen LogP contribution in [0.3, 0.4) is 0 Å². The highest BCUT2D eigenvalue weighted by atomic mass is 16.5. The topological polar surface area (TPSA) is 73.4 Å². The predicted octanol–water partition coefficient (Wildman–Crippen LogP) is 2.79. The molecule has 0 saturated carbocycles.